The predicted molar refractivity (Wildman–Crippen MR) is 56.8 cm³/mol. The van der Waals surface area contributed by atoms with Gasteiger partial charge in [0.2, 0.25) is 0 Å². The van der Waals surface area contributed by atoms with Crippen LogP contribution in [0.2, 0.25) is 0 Å². The molecule has 0 bridgehead atoms. The molecule has 0 amide bonds. The highest BCUT2D eigenvalue weighted by molar-refractivity contribution is 5.76. The summed E-state index contributed by atoms with van der Waals surface area (Å²) in [5.74, 6) is -0.437. The number of benzene rings is 1. The second-order valence-corrected chi connectivity index (χ2v) is 3.11. The minimum absolute atomic E-state index is 0.141. The van der Waals surface area contributed by atoms with Crippen LogP contribution >= 0.6 is 0 Å². The number of carbonyl (C=O) groups excluding carboxylic acids is 1. The van der Waals surface area contributed by atoms with Gasteiger partial charge < -0.3 is 9.84 Å². The van der Waals surface area contributed by atoms with Crippen molar-refractivity contribution in [2.75, 3.05) is 7.11 Å². The number of phenolic OH excluding ortho intramolecular Hbond substituents is 1. The molecule has 0 fully saturated rings. The summed E-state index contributed by atoms with van der Waals surface area (Å²) in [6.45, 7) is 0. The smallest absolute Gasteiger partial charge is 0.314 e. The van der Waals surface area contributed by atoms with Crippen molar-refractivity contribution in [1.82, 2.24) is 0 Å². The van der Waals surface area contributed by atoms with Crippen LogP contribution in [0.4, 0.5) is 0 Å². The molecule has 6 heteroatoms. The highest BCUT2D eigenvalue weighted by atomic mass is 16.5. The average Bonchev–Trinajstić information content (AvgIpc) is 2.30. The van der Waals surface area contributed by atoms with Crippen molar-refractivity contribution >= 4 is 5.97 Å². The molecule has 0 spiro atoms. The molecule has 84 valence electrons. The van der Waals surface area contributed by atoms with Crippen LogP contribution in [0.1, 0.15) is 5.56 Å². The third kappa shape index (κ3) is 3.18. The molecule has 0 heterocycles. The van der Waals surface area contributed by atoms with Gasteiger partial charge >= 0.3 is 5.97 Å². The zero-order valence-electron chi connectivity index (χ0n) is 8.70. The topological polar surface area (TPSA) is 95.3 Å². The van der Waals surface area contributed by atoms with Gasteiger partial charge in [-0.3, -0.25) is 4.79 Å². The van der Waals surface area contributed by atoms with Crippen molar-refractivity contribution in [2.24, 2.45) is 5.11 Å². The lowest BCUT2D eigenvalue weighted by Gasteiger charge is -2.08. The van der Waals surface area contributed by atoms with Gasteiger partial charge in [-0.25, -0.2) is 0 Å². The van der Waals surface area contributed by atoms with Gasteiger partial charge in [0.25, 0.3) is 0 Å². The molecule has 0 saturated carbocycles. The van der Waals surface area contributed by atoms with E-state index < -0.39 is 12.0 Å². The van der Waals surface area contributed by atoms with Gasteiger partial charge in [-0.15, -0.1) is 0 Å². The second-order valence-electron chi connectivity index (χ2n) is 3.11. The Morgan fingerprint density at radius 3 is 2.69 bits per heavy atom. The maximum Gasteiger partial charge on any atom is 0.314 e. The summed E-state index contributed by atoms with van der Waals surface area (Å²) >= 11 is 0. The van der Waals surface area contributed by atoms with Gasteiger partial charge in [0.05, 0.1) is 7.11 Å². The third-order valence-electron chi connectivity index (χ3n) is 2.03. The van der Waals surface area contributed by atoms with Crippen molar-refractivity contribution < 1.29 is 14.6 Å². The quantitative estimate of drug-likeness (QED) is 0.363. The molecule has 0 radical (unpaired) electrons. The standard InChI is InChI=1S/C10H11N3O3/c1-16-10(15)9(12-13-11)6-7-2-4-8(14)5-3-7/h2-5,9,14H,6H2,1H3. The molecule has 0 aliphatic heterocycles. The van der Waals surface area contributed by atoms with E-state index in [4.69, 9.17) is 10.6 Å². The number of phenols is 1. The van der Waals surface area contributed by atoms with Crippen LogP contribution in [0.5, 0.6) is 5.75 Å². The van der Waals surface area contributed by atoms with Crippen molar-refractivity contribution in [2.45, 2.75) is 12.5 Å². The Kier molecular flexibility index (Phi) is 4.17. The Labute approximate surface area is 92.1 Å². The van der Waals surface area contributed by atoms with Gasteiger partial charge in [-0.05, 0) is 29.6 Å². The number of rotatable bonds is 4. The van der Waals surface area contributed by atoms with Crippen molar-refractivity contribution in [1.29, 1.82) is 0 Å². The summed E-state index contributed by atoms with van der Waals surface area (Å²) in [6, 6.07) is 5.43. The molecule has 6 nitrogen and oxygen atoms in total. The fourth-order valence-corrected chi connectivity index (χ4v) is 1.22. The molecule has 16 heavy (non-hydrogen) atoms. The van der Waals surface area contributed by atoms with Crippen LogP contribution in [-0.4, -0.2) is 24.2 Å². The van der Waals surface area contributed by atoms with E-state index in [9.17, 15) is 4.79 Å². The monoisotopic (exact) mass is 221 g/mol. The summed E-state index contributed by atoms with van der Waals surface area (Å²) in [5.41, 5.74) is 9.09. The van der Waals surface area contributed by atoms with Crippen molar-refractivity contribution in [3.05, 3.63) is 40.3 Å². The normalized spacial score (nSPS) is 11.3. The lowest BCUT2D eigenvalue weighted by atomic mass is 10.1. The van der Waals surface area contributed by atoms with Gasteiger partial charge in [-0.2, -0.15) is 0 Å². The number of aromatic hydroxyl groups is 1. The van der Waals surface area contributed by atoms with Crippen LogP contribution in [0.15, 0.2) is 29.4 Å². The van der Waals surface area contributed by atoms with E-state index in [1.807, 2.05) is 0 Å². The molecular weight excluding hydrogens is 210 g/mol. The van der Waals surface area contributed by atoms with Crippen LogP contribution in [0, 0.1) is 0 Å². The molecule has 1 aromatic rings. The molecule has 1 N–H and O–H groups in total. The number of methoxy groups -OCH3 is 1. The number of azide groups is 1. The summed E-state index contributed by atoms with van der Waals surface area (Å²) in [6.07, 6.45) is 0.247. The SMILES string of the molecule is COC(=O)C(Cc1ccc(O)cc1)N=[N+]=[N-]. The van der Waals surface area contributed by atoms with E-state index in [0.717, 1.165) is 5.56 Å². The fraction of sp³-hybridized carbons (Fsp3) is 0.300. The third-order valence-corrected chi connectivity index (χ3v) is 2.03. The largest absolute Gasteiger partial charge is 0.508 e. The Bertz CT molecular complexity index is 410. The molecule has 0 aliphatic rings. The Balaban J connectivity index is 2.79. The maximum atomic E-state index is 11.2. The zero-order valence-corrected chi connectivity index (χ0v) is 8.70. The second kappa shape index (κ2) is 5.63. The highest BCUT2D eigenvalue weighted by Gasteiger charge is 2.17. The minimum atomic E-state index is -0.875. The number of hydrogen-bond donors (Lipinski definition) is 1. The molecule has 1 unspecified atom stereocenters. The minimum Gasteiger partial charge on any atom is -0.508 e. The van der Waals surface area contributed by atoms with Gasteiger partial charge in [0.15, 0.2) is 0 Å². The van der Waals surface area contributed by atoms with Crippen molar-refractivity contribution in [3.8, 4) is 5.75 Å². The highest BCUT2D eigenvalue weighted by Crippen LogP contribution is 2.13. The van der Waals surface area contributed by atoms with E-state index in [-0.39, 0.29) is 12.2 Å². The summed E-state index contributed by atoms with van der Waals surface area (Å²) in [7, 11) is 1.24. The van der Waals surface area contributed by atoms with E-state index in [1.165, 1.54) is 19.2 Å². The van der Waals surface area contributed by atoms with Gasteiger partial charge in [0.1, 0.15) is 11.8 Å². The van der Waals surface area contributed by atoms with Crippen molar-refractivity contribution in [3.63, 3.8) is 0 Å². The fourth-order valence-electron chi connectivity index (χ4n) is 1.22. The van der Waals surface area contributed by atoms with E-state index >= 15 is 0 Å². The van der Waals surface area contributed by atoms with E-state index in [0.29, 0.717) is 0 Å². The Morgan fingerprint density at radius 1 is 1.56 bits per heavy atom. The first kappa shape index (κ1) is 11.9. The number of esters is 1. The Hall–Kier alpha value is -2.20. The zero-order chi connectivity index (χ0) is 12.0. The molecule has 1 aromatic carbocycles. The van der Waals surface area contributed by atoms with Crippen LogP contribution in [0.25, 0.3) is 10.4 Å². The summed E-state index contributed by atoms with van der Waals surface area (Å²) in [5, 5.41) is 12.4. The van der Waals surface area contributed by atoms with Crippen LogP contribution in [0.3, 0.4) is 0 Å². The first-order valence-corrected chi connectivity index (χ1v) is 4.57. The van der Waals surface area contributed by atoms with Crippen LogP contribution in [-0.2, 0) is 16.0 Å². The predicted octanol–water partition coefficient (Wildman–Crippen LogP) is 1.79. The number of ether oxygens (including phenoxy) is 1. The van der Waals surface area contributed by atoms with E-state index in [1.54, 1.807) is 12.1 Å². The molecule has 0 aromatic heterocycles. The lowest BCUT2D eigenvalue weighted by molar-refractivity contribution is -0.142. The summed E-state index contributed by atoms with van der Waals surface area (Å²) in [4.78, 5) is 13.8. The van der Waals surface area contributed by atoms with Gasteiger partial charge in [-0.1, -0.05) is 17.2 Å². The maximum absolute atomic E-state index is 11.2. The molecule has 1 rings (SSSR count). The van der Waals surface area contributed by atoms with E-state index in [2.05, 4.69) is 14.8 Å². The number of carbonyl (C=O) groups is 1. The van der Waals surface area contributed by atoms with Crippen LogP contribution < -0.4 is 0 Å². The molecule has 0 saturated heterocycles. The lowest BCUT2D eigenvalue weighted by Crippen LogP contribution is -2.22. The Morgan fingerprint density at radius 2 is 2.19 bits per heavy atom. The molecule has 1 atom stereocenters. The first-order valence-electron chi connectivity index (χ1n) is 4.57. The van der Waals surface area contributed by atoms with Gasteiger partial charge in [0, 0.05) is 4.91 Å². The number of nitrogens with zero attached hydrogens (tertiary/aromatic N) is 3. The summed E-state index contributed by atoms with van der Waals surface area (Å²) < 4.78 is 4.51. The number of hydrogen-bond acceptors (Lipinski definition) is 4. The first-order chi connectivity index (χ1) is 7.67. The molecular formula is C10H11N3O3. The average molecular weight is 221 g/mol. The molecule has 0 aliphatic carbocycles.